The quantitative estimate of drug-likeness (QED) is 0.0247. The van der Waals surface area contributed by atoms with Crippen molar-refractivity contribution in [2.75, 3.05) is 6.61 Å². The van der Waals surface area contributed by atoms with Gasteiger partial charge in [0, 0.05) is 6.42 Å². The van der Waals surface area contributed by atoms with Gasteiger partial charge in [0.05, 0.1) is 25.2 Å². The number of allylic oxidation sites excluding steroid dienone is 6. The van der Waals surface area contributed by atoms with Crippen molar-refractivity contribution in [1.82, 2.24) is 5.32 Å². The number of hydrogen-bond donors (Lipinski definition) is 3. The smallest absolute Gasteiger partial charge is 0.306 e. The third-order valence-corrected chi connectivity index (χ3v) is 11.0. The van der Waals surface area contributed by atoms with E-state index in [1.165, 1.54) is 116 Å². The van der Waals surface area contributed by atoms with Crippen LogP contribution in [0.25, 0.3) is 0 Å². The van der Waals surface area contributed by atoms with Crippen LogP contribution >= 0.6 is 0 Å². The Hall–Kier alpha value is -1.92. The molecule has 3 atom stereocenters. The molecule has 6 heteroatoms. The highest BCUT2D eigenvalue weighted by Crippen LogP contribution is 2.17. The molecular weight excluding hydrogens is 695 g/mol. The predicted octanol–water partition coefficient (Wildman–Crippen LogP) is 14.1. The number of amides is 1. The van der Waals surface area contributed by atoms with Gasteiger partial charge in [0.2, 0.25) is 5.91 Å². The molecule has 0 radical (unpaired) electrons. The zero-order valence-corrected chi connectivity index (χ0v) is 37.3. The lowest BCUT2D eigenvalue weighted by Crippen LogP contribution is -2.46. The molecule has 328 valence electrons. The van der Waals surface area contributed by atoms with Crippen molar-refractivity contribution < 1.29 is 24.5 Å². The summed E-state index contributed by atoms with van der Waals surface area (Å²) in [4.78, 5) is 26.0. The Balaban J connectivity index is 4.62. The fourth-order valence-corrected chi connectivity index (χ4v) is 7.24. The van der Waals surface area contributed by atoms with Gasteiger partial charge in [0.25, 0.3) is 0 Å². The largest absolute Gasteiger partial charge is 0.462 e. The van der Waals surface area contributed by atoms with Crippen LogP contribution < -0.4 is 5.32 Å². The van der Waals surface area contributed by atoms with Gasteiger partial charge in [-0.3, -0.25) is 9.59 Å². The minimum atomic E-state index is -0.791. The summed E-state index contributed by atoms with van der Waals surface area (Å²) in [5, 5.41) is 23.7. The van der Waals surface area contributed by atoms with Crippen LogP contribution in [0.5, 0.6) is 0 Å². The maximum Gasteiger partial charge on any atom is 0.306 e. The Morgan fingerprint density at radius 2 is 0.911 bits per heavy atom. The van der Waals surface area contributed by atoms with E-state index in [1.54, 1.807) is 0 Å². The zero-order valence-electron chi connectivity index (χ0n) is 37.3. The molecule has 0 saturated carbocycles. The average molecular weight is 788 g/mol. The molecule has 0 bridgehead atoms. The van der Waals surface area contributed by atoms with Crippen LogP contribution in [0, 0.1) is 0 Å². The highest BCUT2D eigenvalue weighted by atomic mass is 16.5. The number of aliphatic hydroxyl groups excluding tert-OH is 2. The van der Waals surface area contributed by atoms with E-state index >= 15 is 0 Å². The van der Waals surface area contributed by atoms with Crippen LogP contribution in [0.3, 0.4) is 0 Å². The van der Waals surface area contributed by atoms with Crippen molar-refractivity contribution in [3.63, 3.8) is 0 Å². The lowest BCUT2D eigenvalue weighted by Gasteiger charge is -2.24. The summed E-state index contributed by atoms with van der Waals surface area (Å²) >= 11 is 0. The minimum absolute atomic E-state index is 0.0624. The van der Waals surface area contributed by atoms with E-state index in [9.17, 15) is 19.8 Å². The molecule has 0 aliphatic heterocycles. The SMILES string of the molecule is CCCCC/C=C\CCCCCCCC(=O)OC(CCCCCC/C=C/C=C/CCCCC)CC(=O)NC(CO)C(O)CCCCCCCCCCCCCC. The number of esters is 1. The fourth-order valence-electron chi connectivity index (χ4n) is 7.24. The number of carbonyl (C=O) groups is 2. The first-order chi connectivity index (χ1) is 27.5. The standard InChI is InChI=1S/C50H93NO5/c1-4-7-10-13-16-19-22-25-26-29-32-35-38-41-46(56-50(55)43-40-37-34-31-28-24-21-18-15-12-9-6-3)44-49(54)51-47(45-52)48(53)42-39-36-33-30-27-23-20-17-14-11-8-5-2/h16,18-19,21-22,25,46-48,52-53H,4-15,17,20,23-24,26-45H2,1-3H3,(H,51,54)/b19-16+,21-18-,25-22+. The summed E-state index contributed by atoms with van der Waals surface area (Å²) in [5.41, 5.74) is 0. The van der Waals surface area contributed by atoms with Gasteiger partial charge in [0.15, 0.2) is 0 Å². The predicted molar refractivity (Wildman–Crippen MR) is 241 cm³/mol. The normalized spacial score (nSPS) is 13.6. The van der Waals surface area contributed by atoms with Crippen molar-refractivity contribution in [2.24, 2.45) is 0 Å². The Bertz CT molecular complexity index is 930. The second kappa shape index (κ2) is 44.2. The van der Waals surface area contributed by atoms with E-state index in [2.05, 4.69) is 62.5 Å². The van der Waals surface area contributed by atoms with E-state index in [1.807, 2.05) is 0 Å². The van der Waals surface area contributed by atoms with Gasteiger partial charge in [-0.2, -0.15) is 0 Å². The van der Waals surface area contributed by atoms with Crippen molar-refractivity contribution >= 4 is 11.9 Å². The number of ether oxygens (including phenoxy) is 1. The van der Waals surface area contributed by atoms with Crippen molar-refractivity contribution in [3.05, 3.63) is 36.5 Å². The van der Waals surface area contributed by atoms with E-state index in [4.69, 9.17) is 4.74 Å². The molecule has 3 N–H and O–H groups in total. The first-order valence-corrected chi connectivity index (χ1v) is 24.2. The van der Waals surface area contributed by atoms with Crippen LogP contribution in [0.15, 0.2) is 36.5 Å². The van der Waals surface area contributed by atoms with Gasteiger partial charge < -0.3 is 20.3 Å². The van der Waals surface area contributed by atoms with Gasteiger partial charge in [-0.15, -0.1) is 0 Å². The molecule has 0 aromatic carbocycles. The summed E-state index contributed by atoms with van der Waals surface area (Å²) in [6.07, 6.45) is 50.5. The van der Waals surface area contributed by atoms with Crippen molar-refractivity contribution in [3.8, 4) is 0 Å². The van der Waals surface area contributed by atoms with Crippen LogP contribution in [0.4, 0.5) is 0 Å². The van der Waals surface area contributed by atoms with Gasteiger partial charge in [0.1, 0.15) is 6.10 Å². The Morgan fingerprint density at radius 3 is 1.41 bits per heavy atom. The van der Waals surface area contributed by atoms with Crippen LogP contribution in [0.1, 0.15) is 245 Å². The molecule has 0 heterocycles. The number of rotatable bonds is 43. The number of nitrogens with one attached hydrogen (secondary N) is 1. The summed E-state index contributed by atoms with van der Waals surface area (Å²) in [6, 6.07) is -0.706. The first-order valence-electron chi connectivity index (χ1n) is 24.2. The molecule has 0 rings (SSSR count). The Labute approximate surface area is 347 Å². The average Bonchev–Trinajstić information content (AvgIpc) is 3.19. The highest BCUT2D eigenvalue weighted by Gasteiger charge is 2.24. The molecule has 0 spiro atoms. The second-order valence-corrected chi connectivity index (χ2v) is 16.5. The zero-order chi connectivity index (χ0) is 41.0. The molecule has 0 fully saturated rings. The lowest BCUT2D eigenvalue weighted by atomic mass is 10.0. The molecule has 0 saturated heterocycles. The molecule has 0 aromatic rings. The highest BCUT2D eigenvalue weighted by molar-refractivity contribution is 5.77. The van der Waals surface area contributed by atoms with E-state index in [0.717, 1.165) is 83.5 Å². The first kappa shape index (κ1) is 54.1. The van der Waals surface area contributed by atoms with Gasteiger partial charge in [-0.1, -0.05) is 192 Å². The molecule has 1 amide bonds. The Morgan fingerprint density at radius 1 is 0.518 bits per heavy atom. The van der Waals surface area contributed by atoms with Crippen molar-refractivity contribution in [2.45, 2.75) is 264 Å². The maximum atomic E-state index is 13.1. The second-order valence-electron chi connectivity index (χ2n) is 16.5. The van der Waals surface area contributed by atoms with Gasteiger partial charge in [-0.05, 0) is 77.0 Å². The number of aliphatic hydroxyl groups is 2. The van der Waals surface area contributed by atoms with E-state index < -0.39 is 18.2 Å². The van der Waals surface area contributed by atoms with Crippen molar-refractivity contribution in [1.29, 1.82) is 0 Å². The third kappa shape index (κ3) is 38.9. The molecular formula is C50H93NO5. The Kier molecular flexibility index (Phi) is 42.7. The van der Waals surface area contributed by atoms with Crippen LogP contribution in [-0.2, 0) is 14.3 Å². The molecule has 56 heavy (non-hydrogen) atoms. The monoisotopic (exact) mass is 788 g/mol. The maximum absolute atomic E-state index is 13.1. The van der Waals surface area contributed by atoms with Gasteiger partial charge >= 0.3 is 5.97 Å². The topological polar surface area (TPSA) is 95.9 Å². The fraction of sp³-hybridized carbons (Fsp3) is 0.840. The van der Waals surface area contributed by atoms with E-state index in [0.29, 0.717) is 19.3 Å². The number of unbranched alkanes of at least 4 members (excludes halogenated alkanes) is 26. The number of carbonyl (C=O) groups excluding carboxylic acids is 2. The summed E-state index contributed by atoms with van der Waals surface area (Å²) in [5.74, 6) is -0.501. The molecule has 0 aromatic heterocycles. The molecule has 0 aliphatic carbocycles. The molecule has 6 nitrogen and oxygen atoms in total. The van der Waals surface area contributed by atoms with E-state index in [-0.39, 0.29) is 24.9 Å². The summed E-state index contributed by atoms with van der Waals surface area (Å²) < 4.78 is 5.90. The van der Waals surface area contributed by atoms with Crippen LogP contribution in [0.2, 0.25) is 0 Å². The molecule has 0 aliphatic rings. The number of hydrogen-bond acceptors (Lipinski definition) is 5. The lowest BCUT2D eigenvalue weighted by molar-refractivity contribution is -0.151. The summed E-state index contributed by atoms with van der Waals surface area (Å²) in [6.45, 7) is 6.41. The minimum Gasteiger partial charge on any atom is -0.462 e. The van der Waals surface area contributed by atoms with Gasteiger partial charge in [-0.25, -0.2) is 0 Å². The molecule has 3 unspecified atom stereocenters. The third-order valence-electron chi connectivity index (χ3n) is 11.0. The summed E-state index contributed by atoms with van der Waals surface area (Å²) in [7, 11) is 0. The van der Waals surface area contributed by atoms with Crippen LogP contribution in [-0.4, -0.2) is 46.9 Å².